The Morgan fingerprint density at radius 1 is 1.50 bits per heavy atom. The fourth-order valence-corrected chi connectivity index (χ4v) is 2.87. The Balaban J connectivity index is 2.07. The van der Waals surface area contributed by atoms with E-state index in [1.54, 1.807) is 17.7 Å². The first-order chi connectivity index (χ1) is 7.86. The highest BCUT2D eigenvalue weighted by Crippen LogP contribution is 2.29. The van der Waals surface area contributed by atoms with Gasteiger partial charge >= 0.3 is 0 Å². The summed E-state index contributed by atoms with van der Waals surface area (Å²) in [5.41, 5.74) is 1.04. The van der Waals surface area contributed by atoms with E-state index in [1.165, 1.54) is 4.70 Å². The zero-order chi connectivity index (χ0) is 11.0. The van der Waals surface area contributed by atoms with Crippen molar-refractivity contribution in [2.75, 3.05) is 24.7 Å². The molecule has 3 heterocycles. The molecule has 0 radical (unpaired) electrons. The first kappa shape index (κ1) is 9.99. The summed E-state index contributed by atoms with van der Waals surface area (Å²) in [4.78, 5) is 11.0. The van der Waals surface area contributed by atoms with Gasteiger partial charge in [0.1, 0.15) is 12.1 Å². The molecule has 0 aromatic carbocycles. The van der Waals surface area contributed by atoms with Gasteiger partial charge in [-0.1, -0.05) is 0 Å². The zero-order valence-electron chi connectivity index (χ0n) is 9.09. The van der Waals surface area contributed by atoms with Gasteiger partial charge in [0.25, 0.3) is 0 Å². The lowest BCUT2D eigenvalue weighted by atomic mass is 10.2. The van der Waals surface area contributed by atoms with Crippen LogP contribution in [0.25, 0.3) is 10.2 Å². The van der Waals surface area contributed by atoms with E-state index < -0.39 is 0 Å². The smallest absolute Gasteiger partial charge is 0.150 e. The fourth-order valence-electron chi connectivity index (χ4n) is 2.02. The van der Waals surface area contributed by atoms with Crippen molar-refractivity contribution >= 4 is 27.4 Å². The van der Waals surface area contributed by atoms with E-state index in [1.807, 2.05) is 6.07 Å². The predicted molar refractivity (Wildman–Crippen MR) is 65.0 cm³/mol. The third kappa shape index (κ3) is 1.56. The van der Waals surface area contributed by atoms with Crippen molar-refractivity contribution in [3.63, 3.8) is 0 Å². The van der Waals surface area contributed by atoms with E-state index in [4.69, 9.17) is 4.74 Å². The number of rotatable bonds is 1. The van der Waals surface area contributed by atoms with Gasteiger partial charge in [0.15, 0.2) is 0 Å². The lowest BCUT2D eigenvalue weighted by Crippen LogP contribution is -2.44. The normalized spacial score (nSPS) is 21.6. The second-order valence-electron chi connectivity index (χ2n) is 3.95. The maximum Gasteiger partial charge on any atom is 0.150 e. The van der Waals surface area contributed by atoms with Crippen molar-refractivity contribution in [3.05, 3.63) is 17.8 Å². The van der Waals surface area contributed by atoms with Gasteiger partial charge in [-0.3, -0.25) is 0 Å². The molecule has 1 atom stereocenters. The Morgan fingerprint density at radius 3 is 3.31 bits per heavy atom. The molecule has 0 aliphatic carbocycles. The van der Waals surface area contributed by atoms with Crippen LogP contribution in [0.4, 0.5) is 5.82 Å². The molecule has 1 aliphatic rings. The van der Waals surface area contributed by atoms with E-state index in [2.05, 4.69) is 27.2 Å². The average Bonchev–Trinajstić information content (AvgIpc) is 2.77. The molecule has 0 N–H and O–H groups in total. The summed E-state index contributed by atoms with van der Waals surface area (Å²) in [5, 5.41) is 2.06. The second kappa shape index (κ2) is 3.99. The zero-order valence-corrected chi connectivity index (χ0v) is 9.91. The quantitative estimate of drug-likeness (QED) is 0.757. The van der Waals surface area contributed by atoms with E-state index in [0.29, 0.717) is 6.04 Å². The van der Waals surface area contributed by atoms with Gasteiger partial charge in [0, 0.05) is 6.54 Å². The number of hydrogen-bond acceptors (Lipinski definition) is 5. The highest BCUT2D eigenvalue weighted by molar-refractivity contribution is 7.17. The molecule has 4 nitrogen and oxygen atoms in total. The Morgan fingerprint density at radius 2 is 2.44 bits per heavy atom. The van der Waals surface area contributed by atoms with Crippen LogP contribution in [0.2, 0.25) is 0 Å². The Labute approximate surface area is 97.9 Å². The Hall–Kier alpha value is -1.20. The van der Waals surface area contributed by atoms with Crippen LogP contribution in [-0.2, 0) is 4.74 Å². The molecular weight excluding hydrogens is 222 g/mol. The molecule has 0 saturated carbocycles. The molecule has 1 fully saturated rings. The van der Waals surface area contributed by atoms with Gasteiger partial charge in [-0.15, -0.1) is 11.3 Å². The number of ether oxygens (including phenoxy) is 1. The van der Waals surface area contributed by atoms with Crippen molar-refractivity contribution in [1.29, 1.82) is 0 Å². The van der Waals surface area contributed by atoms with Crippen molar-refractivity contribution in [2.24, 2.45) is 0 Å². The number of hydrogen-bond donors (Lipinski definition) is 0. The van der Waals surface area contributed by atoms with Gasteiger partial charge in [-0.2, -0.15) is 0 Å². The van der Waals surface area contributed by atoms with Gasteiger partial charge in [-0.05, 0) is 18.4 Å². The summed E-state index contributed by atoms with van der Waals surface area (Å²) in [6.45, 7) is 4.63. The molecule has 1 aliphatic heterocycles. The van der Waals surface area contributed by atoms with Gasteiger partial charge in [0.05, 0.1) is 29.5 Å². The molecule has 84 valence electrons. The van der Waals surface area contributed by atoms with E-state index in [0.717, 1.165) is 31.1 Å². The number of thiophene rings is 1. The predicted octanol–water partition coefficient (Wildman–Crippen LogP) is 1.92. The van der Waals surface area contributed by atoms with Crippen molar-refractivity contribution in [1.82, 2.24) is 9.97 Å². The summed E-state index contributed by atoms with van der Waals surface area (Å²) in [7, 11) is 0. The molecule has 3 rings (SSSR count). The van der Waals surface area contributed by atoms with Gasteiger partial charge in [0.2, 0.25) is 0 Å². The molecule has 16 heavy (non-hydrogen) atoms. The van der Waals surface area contributed by atoms with Crippen molar-refractivity contribution in [3.8, 4) is 0 Å². The minimum Gasteiger partial charge on any atom is -0.377 e. The monoisotopic (exact) mass is 235 g/mol. The lowest BCUT2D eigenvalue weighted by molar-refractivity contribution is 0.0987. The highest BCUT2D eigenvalue weighted by Gasteiger charge is 2.22. The SMILES string of the molecule is C[C@@H]1COCCN1c1ncnc2ccsc12. The maximum atomic E-state index is 5.45. The minimum absolute atomic E-state index is 0.383. The van der Waals surface area contributed by atoms with Crippen molar-refractivity contribution in [2.45, 2.75) is 13.0 Å². The maximum absolute atomic E-state index is 5.45. The van der Waals surface area contributed by atoms with Crippen molar-refractivity contribution < 1.29 is 4.74 Å². The molecule has 2 aromatic heterocycles. The van der Waals surface area contributed by atoms with Crippen LogP contribution in [0.3, 0.4) is 0 Å². The molecular formula is C11H13N3OS. The van der Waals surface area contributed by atoms with E-state index in [-0.39, 0.29) is 0 Å². The van der Waals surface area contributed by atoms with E-state index in [9.17, 15) is 0 Å². The van der Waals surface area contributed by atoms with Crippen LogP contribution in [0.5, 0.6) is 0 Å². The van der Waals surface area contributed by atoms with Crippen LogP contribution in [0.15, 0.2) is 17.8 Å². The molecule has 0 unspecified atom stereocenters. The van der Waals surface area contributed by atoms with Crippen LogP contribution in [0.1, 0.15) is 6.92 Å². The van der Waals surface area contributed by atoms with Gasteiger partial charge < -0.3 is 9.64 Å². The summed E-state index contributed by atoms with van der Waals surface area (Å²) in [6.07, 6.45) is 1.65. The Kier molecular flexibility index (Phi) is 2.49. The third-order valence-corrected chi connectivity index (χ3v) is 3.76. The third-order valence-electron chi connectivity index (χ3n) is 2.86. The number of morpholine rings is 1. The summed E-state index contributed by atoms with van der Waals surface area (Å²) in [5.74, 6) is 1.05. The molecule has 0 amide bonds. The second-order valence-corrected chi connectivity index (χ2v) is 4.87. The van der Waals surface area contributed by atoms with E-state index >= 15 is 0 Å². The topological polar surface area (TPSA) is 38.2 Å². The summed E-state index contributed by atoms with van der Waals surface area (Å²) in [6, 6.07) is 2.42. The van der Waals surface area contributed by atoms with Crippen LogP contribution < -0.4 is 4.90 Å². The number of nitrogens with zero attached hydrogens (tertiary/aromatic N) is 3. The van der Waals surface area contributed by atoms with Gasteiger partial charge in [-0.25, -0.2) is 9.97 Å². The summed E-state index contributed by atoms with van der Waals surface area (Å²) >= 11 is 1.70. The lowest BCUT2D eigenvalue weighted by Gasteiger charge is -2.34. The molecule has 0 bridgehead atoms. The Bertz CT molecular complexity index is 499. The minimum atomic E-state index is 0.383. The first-order valence-electron chi connectivity index (χ1n) is 5.39. The molecule has 2 aromatic rings. The number of fused-ring (bicyclic) bond motifs is 1. The molecule has 0 spiro atoms. The molecule has 5 heteroatoms. The van der Waals surface area contributed by atoms with Crippen LogP contribution >= 0.6 is 11.3 Å². The standard InChI is InChI=1S/C11H13N3OS/c1-8-6-15-4-3-14(8)11-10-9(2-5-16-10)12-7-13-11/h2,5,7-8H,3-4,6H2,1H3/t8-/m1/s1. The largest absolute Gasteiger partial charge is 0.377 e. The first-order valence-corrected chi connectivity index (χ1v) is 6.27. The highest BCUT2D eigenvalue weighted by atomic mass is 32.1. The number of anilines is 1. The summed E-state index contributed by atoms with van der Waals surface area (Å²) < 4.78 is 6.62. The fraction of sp³-hybridized carbons (Fsp3) is 0.455. The van der Waals surface area contributed by atoms with Crippen LogP contribution in [0, 0.1) is 0 Å². The van der Waals surface area contributed by atoms with Crippen LogP contribution in [-0.4, -0.2) is 35.8 Å². The molecule has 1 saturated heterocycles. The average molecular weight is 235 g/mol. The number of aromatic nitrogens is 2.